The lowest BCUT2D eigenvalue weighted by Gasteiger charge is -2.30. The molecule has 0 bridgehead atoms. The van der Waals surface area contributed by atoms with Crippen molar-refractivity contribution < 1.29 is 9.84 Å². The lowest BCUT2D eigenvalue weighted by atomic mass is 10.1. The Bertz CT molecular complexity index is 602. The van der Waals surface area contributed by atoms with Gasteiger partial charge in [0.2, 0.25) is 5.88 Å². The van der Waals surface area contributed by atoms with E-state index in [1.807, 2.05) is 19.2 Å². The number of nitrogens with zero attached hydrogens (tertiary/aromatic N) is 5. The molecule has 118 valence electrons. The van der Waals surface area contributed by atoms with Crippen LogP contribution < -0.4 is 4.74 Å². The number of hydrogen-bond acceptors (Lipinski definition) is 6. The number of aliphatic hydroxyl groups is 1. The van der Waals surface area contributed by atoms with Crippen molar-refractivity contribution >= 4 is 0 Å². The maximum absolute atomic E-state index is 10.2. The summed E-state index contributed by atoms with van der Waals surface area (Å²) in [5, 5.41) is 14.4. The first-order chi connectivity index (χ1) is 10.8. The monoisotopic (exact) mass is 303 g/mol. The maximum Gasteiger partial charge on any atom is 0.221 e. The highest BCUT2D eigenvalue weighted by molar-refractivity contribution is 5.31. The fourth-order valence-electron chi connectivity index (χ4n) is 2.77. The molecule has 0 saturated heterocycles. The van der Waals surface area contributed by atoms with E-state index in [1.54, 1.807) is 17.2 Å². The number of aliphatic hydroxyl groups excluding tert-OH is 1. The van der Waals surface area contributed by atoms with E-state index in [0.717, 1.165) is 24.2 Å². The van der Waals surface area contributed by atoms with Crippen molar-refractivity contribution in [3.8, 4) is 5.88 Å². The van der Waals surface area contributed by atoms with Crippen molar-refractivity contribution in [3.63, 3.8) is 0 Å². The van der Waals surface area contributed by atoms with Crippen molar-refractivity contribution in [1.29, 1.82) is 0 Å². The number of aromatic nitrogens is 4. The van der Waals surface area contributed by atoms with Gasteiger partial charge in [-0.25, -0.2) is 9.97 Å². The second kappa shape index (κ2) is 6.85. The van der Waals surface area contributed by atoms with Crippen LogP contribution in [0.15, 0.2) is 24.8 Å². The van der Waals surface area contributed by atoms with Crippen molar-refractivity contribution in [1.82, 2.24) is 24.6 Å². The molecule has 22 heavy (non-hydrogen) atoms. The van der Waals surface area contributed by atoms with E-state index < -0.39 is 6.10 Å². The molecule has 0 saturated carbocycles. The quantitative estimate of drug-likeness (QED) is 0.837. The lowest BCUT2D eigenvalue weighted by molar-refractivity contribution is 0.0876. The van der Waals surface area contributed by atoms with Crippen LogP contribution in [0.2, 0.25) is 0 Å². The number of fused-ring (bicyclic) bond motifs is 1. The van der Waals surface area contributed by atoms with Gasteiger partial charge in [0.1, 0.15) is 6.33 Å². The van der Waals surface area contributed by atoms with Gasteiger partial charge in [-0.15, -0.1) is 0 Å². The first kappa shape index (κ1) is 14.9. The highest BCUT2D eigenvalue weighted by Gasteiger charge is 2.23. The Morgan fingerprint density at radius 3 is 3.05 bits per heavy atom. The number of ether oxygens (including phenoxy) is 1. The Kier molecular flexibility index (Phi) is 4.65. The average Bonchev–Trinajstić information content (AvgIpc) is 3.01. The van der Waals surface area contributed by atoms with E-state index in [9.17, 15) is 5.11 Å². The summed E-state index contributed by atoms with van der Waals surface area (Å²) in [6.45, 7) is 5.22. The molecular weight excluding hydrogens is 282 g/mol. The first-order valence-corrected chi connectivity index (χ1v) is 7.59. The SMILES string of the molecule is CCOc1ncnc2c1CN(CC(O)Cn1cccn1)CC2. The highest BCUT2D eigenvalue weighted by Crippen LogP contribution is 2.24. The summed E-state index contributed by atoms with van der Waals surface area (Å²) in [4.78, 5) is 10.8. The van der Waals surface area contributed by atoms with Gasteiger partial charge in [-0.1, -0.05) is 0 Å². The van der Waals surface area contributed by atoms with E-state index in [2.05, 4.69) is 20.0 Å². The summed E-state index contributed by atoms with van der Waals surface area (Å²) in [6, 6.07) is 1.86. The fraction of sp³-hybridized carbons (Fsp3) is 0.533. The van der Waals surface area contributed by atoms with Crippen LogP contribution in [0.5, 0.6) is 5.88 Å². The number of β-amino-alcohol motifs (C(OH)–C–C–N with tert-alkyl or cyclic N) is 1. The molecule has 2 aromatic rings. The van der Waals surface area contributed by atoms with Gasteiger partial charge in [-0.3, -0.25) is 9.58 Å². The maximum atomic E-state index is 10.2. The average molecular weight is 303 g/mol. The minimum absolute atomic E-state index is 0.457. The van der Waals surface area contributed by atoms with Crippen LogP contribution in [0.3, 0.4) is 0 Å². The molecule has 0 spiro atoms. The van der Waals surface area contributed by atoms with Crippen molar-refractivity contribution in [2.24, 2.45) is 0 Å². The van der Waals surface area contributed by atoms with Crippen LogP contribution in [0.1, 0.15) is 18.2 Å². The molecule has 3 rings (SSSR count). The Labute approximate surface area is 129 Å². The van der Waals surface area contributed by atoms with Gasteiger partial charge in [0.05, 0.1) is 24.9 Å². The van der Waals surface area contributed by atoms with Crippen molar-refractivity contribution in [2.45, 2.75) is 32.5 Å². The molecule has 1 aliphatic heterocycles. The van der Waals surface area contributed by atoms with Crippen LogP contribution in [0.25, 0.3) is 0 Å². The second-order valence-corrected chi connectivity index (χ2v) is 5.40. The van der Waals surface area contributed by atoms with Crippen molar-refractivity contribution in [2.75, 3.05) is 19.7 Å². The van der Waals surface area contributed by atoms with E-state index in [1.165, 1.54) is 0 Å². The van der Waals surface area contributed by atoms with Crippen molar-refractivity contribution in [3.05, 3.63) is 36.0 Å². The van der Waals surface area contributed by atoms with Gasteiger partial charge < -0.3 is 9.84 Å². The molecule has 2 aromatic heterocycles. The van der Waals surface area contributed by atoms with E-state index >= 15 is 0 Å². The third-order valence-corrected chi connectivity index (χ3v) is 3.75. The molecule has 1 atom stereocenters. The van der Waals surface area contributed by atoms with Crippen LogP contribution in [-0.4, -0.2) is 55.6 Å². The third kappa shape index (κ3) is 3.42. The van der Waals surface area contributed by atoms with Crippen LogP contribution in [0.4, 0.5) is 0 Å². The molecule has 1 unspecified atom stereocenters. The molecule has 0 fully saturated rings. The first-order valence-electron chi connectivity index (χ1n) is 7.59. The third-order valence-electron chi connectivity index (χ3n) is 3.75. The summed E-state index contributed by atoms with van der Waals surface area (Å²) in [5.74, 6) is 0.666. The van der Waals surface area contributed by atoms with Gasteiger partial charge >= 0.3 is 0 Å². The molecule has 0 aliphatic carbocycles. The van der Waals surface area contributed by atoms with Gasteiger partial charge in [0, 0.05) is 44.0 Å². The Balaban J connectivity index is 1.63. The highest BCUT2D eigenvalue weighted by atomic mass is 16.5. The molecule has 0 radical (unpaired) electrons. The van der Waals surface area contributed by atoms with Crippen LogP contribution in [0, 0.1) is 0 Å². The molecular formula is C15H21N5O2. The Hall–Kier alpha value is -1.99. The van der Waals surface area contributed by atoms with E-state index in [4.69, 9.17) is 4.74 Å². The Morgan fingerprint density at radius 2 is 2.27 bits per heavy atom. The zero-order valence-electron chi connectivity index (χ0n) is 12.7. The second-order valence-electron chi connectivity index (χ2n) is 5.40. The zero-order valence-corrected chi connectivity index (χ0v) is 12.7. The number of rotatable bonds is 6. The summed E-state index contributed by atoms with van der Waals surface area (Å²) in [7, 11) is 0. The predicted molar refractivity (Wildman–Crippen MR) is 80.4 cm³/mol. The molecule has 1 aliphatic rings. The summed E-state index contributed by atoms with van der Waals surface area (Å²) in [5.41, 5.74) is 2.10. The molecule has 1 N–H and O–H groups in total. The predicted octanol–water partition coefficient (Wildman–Crippen LogP) is 0.491. The number of hydrogen-bond donors (Lipinski definition) is 1. The molecule has 0 amide bonds. The molecule has 7 nitrogen and oxygen atoms in total. The standard InChI is InChI=1S/C15H21N5O2/c1-2-22-15-13-10-19(7-4-14(13)16-11-17-15)8-12(21)9-20-6-3-5-18-20/h3,5-6,11-12,21H,2,4,7-10H2,1H3. The van der Waals surface area contributed by atoms with Gasteiger partial charge in [-0.2, -0.15) is 5.10 Å². The zero-order chi connectivity index (χ0) is 15.4. The molecule has 3 heterocycles. The fourth-order valence-corrected chi connectivity index (χ4v) is 2.77. The van der Waals surface area contributed by atoms with Crippen LogP contribution in [-0.2, 0) is 19.5 Å². The Morgan fingerprint density at radius 1 is 1.36 bits per heavy atom. The minimum Gasteiger partial charge on any atom is -0.478 e. The topological polar surface area (TPSA) is 76.3 Å². The summed E-state index contributed by atoms with van der Waals surface area (Å²) >= 11 is 0. The van der Waals surface area contributed by atoms with Crippen LogP contribution >= 0.6 is 0 Å². The summed E-state index contributed by atoms with van der Waals surface area (Å²) < 4.78 is 7.34. The largest absolute Gasteiger partial charge is 0.478 e. The van der Waals surface area contributed by atoms with Gasteiger partial charge in [0.15, 0.2) is 0 Å². The smallest absolute Gasteiger partial charge is 0.221 e. The van der Waals surface area contributed by atoms with Gasteiger partial charge in [-0.05, 0) is 13.0 Å². The van der Waals surface area contributed by atoms with Gasteiger partial charge in [0.25, 0.3) is 0 Å². The minimum atomic E-state index is -0.457. The normalized spacial score (nSPS) is 16.3. The summed E-state index contributed by atoms with van der Waals surface area (Å²) in [6.07, 6.45) is 5.53. The molecule has 0 aromatic carbocycles. The van der Waals surface area contributed by atoms with E-state index in [0.29, 0.717) is 32.1 Å². The van der Waals surface area contributed by atoms with E-state index in [-0.39, 0.29) is 0 Å². The molecule has 7 heteroatoms. The lowest BCUT2D eigenvalue weighted by Crippen LogP contribution is -2.38.